The Kier molecular flexibility index (Phi) is 2.74. The fourth-order valence-electron chi connectivity index (χ4n) is 1.28. The van der Waals surface area contributed by atoms with Gasteiger partial charge in [0.15, 0.2) is 5.69 Å². The summed E-state index contributed by atoms with van der Waals surface area (Å²) in [6, 6.07) is 5.72. The second-order valence-electron chi connectivity index (χ2n) is 3.31. The van der Waals surface area contributed by atoms with Crippen molar-refractivity contribution in [3.05, 3.63) is 40.1 Å². The number of aryl methyl sites for hydroxylation is 1. The van der Waals surface area contributed by atoms with Crippen LogP contribution in [0.4, 0.5) is 0 Å². The van der Waals surface area contributed by atoms with E-state index in [0.717, 1.165) is 15.7 Å². The summed E-state index contributed by atoms with van der Waals surface area (Å²) in [7, 11) is 0. The highest BCUT2D eigenvalue weighted by molar-refractivity contribution is 9.10. The van der Waals surface area contributed by atoms with Gasteiger partial charge in [-0.25, -0.2) is 9.48 Å². The summed E-state index contributed by atoms with van der Waals surface area (Å²) in [5.41, 5.74) is 1.75. The van der Waals surface area contributed by atoms with Gasteiger partial charge < -0.3 is 5.11 Å². The molecule has 6 heteroatoms. The molecule has 0 bridgehead atoms. The van der Waals surface area contributed by atoms with Crippen LogP contribution in [0.5, 0.6) is 0 Å². The average Bonchev–Trinajstić information content (AvgIpc) is 2.70. The number of carboxylic acid groups (broad SMARTS) is 1. The normalized spacial score (nSPS) is 10.4. The minimum atomic E-state index is -1.09. The van der Waals surface area contributed by atoms with Crippen LogP contribution in [0.25, 0.3) is 5.69 Å². The first kappa shape index (κ1) is 10.8. The number of hydrogen-bond acceptors (Lipinski definition) is 3. The highest BCUT2D eigenvalue weighted by Gasteiger charge is 2.10. The van der Waals surface area contributed by atoms with E-state index in [1.54, 1.807) is 0 Å². The number of halogens is 1. The van der Waals surface area contributed by atoms with Gasteiger partial charge in [0.05, 0.1) is 11.9 Å². The van der Waals surface area contributed by atoms with Gasteiger partial charge in [-0.1, -0.05) is 11.3 Å². The Morgan fingerprint density at radius 2 is 2.25 bits per heavy atom. The minimum absolute atomic E-state index is 0.0755. The SMILES string of the molecule is Cc1ccc(Br)c(-n2cc(C(=O)O)nn2)c1. The van der Waals surface area contributed by atoms with Crippen LogP contribution in [-0.4, -0.2) is 26.1 Å². The molecule has 0 radical (unpaired) electrons. The molecule has 0 spiro atoms. The third-order valence-electron chi connectivity index (χ3n) is 2.06. The smallest absolute Gasteiger partial charge is 0.358 e. The molecule has 82 valence electrons. The highest BCUT2D eigenvalue weighted by atomic mass is 79.9. The molecule has 0 unspecified atom stereocenters. The van der Waals surface area contributed by atoms with Crippen LogP contribution in [0.3, 0.4) is 0 Å². The second kappa shape index (κ2) is 4.05. The quantitative estimate of drug-likeness (QED) is 0.915. The van der Waals surface area contributed by atoms with Crippen molar-refractivity contribution in [3.8, 4) is 5.69 Å². The van der Waals surface area contributed by atoms with Gasteiger partial charge in [-0.3, -0.25) is 0 Å². The molecule has 5 nitrogen and oxygen atoms in total. The van der Waals surface area contributed by atoms with Crippen molar-refractivity contribution < 1.29 is 9.90 Å². The maximum absolute atomic E-state index is 10.7. The summed E-state index contributed by atoms with van der Waals surface area (Å²) in [4.78, 5) is 10.7. The van der Waals surface area contributed by atoms with Crippen LogP contribution in [0, 0.1) is 6.92 Å². The van der Waals surface area contributed by atoms with Crippen LogP contribution in [0.2, 0.25) is 0 Å². The Balaban J connectivity index is 2.50. The van der Waals surface area contributed by atoms with E-state index in [1.165, 1.54) is 10.9 Å². The molecule has 2 aromatic rings. The zero-order valence-corrected chi connectivity index (χ0v) is 9.97. The summed E-state index contributed by atoms with van der Waals surface area (Å²) in [5.74, 6) is -1.09. The van der Waals surface area contributed by atoms with Crippen LogP contribution >= 0.6 is 15.9 Å². The summed E-state index contributed by atoms with van der Waals surface area (Å²) in [6.45, 7) is 1.95. The number of rotatable bonds is 2. The maximum atomic E-state index is 10.7. The Labute approximate surface area is 99.8 Å². The van der Waals surface area contributed by atoms with Crippen molar-refractivity contribution in [1.29, 1.82) is 0 Å². The van der Waals surface area contributed by atoms with E-state index in [0.29, 0.717) is 0 Å². The van der Waals surface area contributed by atoms with E-state index in [1.807, 2.05) is 25.1 Å². The molecule has 1 N–H and O–H groups in total. The molecule has 0 aliphatic carbocycles. The molecule has 1 aromatic carbocycles. The topological polar surface area (TPSA) is 68.0 Å². The minimum Gasteiger partial charge on any atom is -0.476 e. The molecule has 0 fully saturated rings. The van der Waals surface area contributed by atoms with Crippen molar-refractivity contribution >= 4 is 21.9 Å². The standard InChI is InChI=1S/C10H8BrN3O2/c1-6-2-3-7(11)9(4-6)14-5-8(10(15)16)12-13-14/h2-5H,1H3,(H,15,16). The Morgan fingerprint density at radius 3 is 2.88 bits per heavy atom. The molecule has 0 saturated carbocycles. The fraction of sp³-hybridized carbons (Fsp3) is 0.100. The van der Waals surface area contributed by atoms with Gasteiger partial charge in [0.25, 0.3) is 0 Å². The van der Waals surface area contributed by atoms with Gasteiger partial charge >= 0.3 is 5.97 Å². The number of carboxylic acids is 1. The number of aromatic nitrogens is 3. The van der Waals surface area contributed by atoms with Gasteiger partial charge in [-0.2, -0.15) is 0 Å². The molecule has 0 atom stereocenters. The fourth-order valence-corrected chi connectivity index (χ4v) is 1.71. The van der Waals surface area contributed by atoms with Crippen molar-refractivity contribution in [2.45, 2.75) is 6.92 Å². The zero-order valence-electron chi connectivity index (χ0n) is 8.38. The number of aromatic carboxylic acids is 1. The van der Waals surface area contributed by atoms with Crippen molar-refractivity contribution in [2.75, 3.05) is 0 Å². The average molecular weight is 282 g/mol. The third kappa shape index (κ3) is 1.96. The lowest BCUT2D eigenvalue weighted by Gasteiger charge is -2.03. The van der Waals surface area contributed by atoms with Crippen molar-refractivity contribution in [2.24, 2.45) is 0 Å². The van der Waals surface area contributed by atoms with Gasteiger partial charge in [0.1, 0.15) is 0 Å². The zero-order chi connectivity index (χ0) is 11.7. The lowest BCUT2D eigenvalue weighted by atomic mass is 10.2. The highest BCUT2D eigenvalue weighted by Crippen LogP contribution is 2.21. The van der Waals surface area contributed by atoms with Gasteiger partial charge in [0.2, 0.25) is 0 Å². The van der Waals surface area contributed by atoms with E-state index in [-0.39, 0.29) is 5.69 Å². The van der Waals surface area contributed by atoms with E-state index in [2.05, 4.69) is 26.2 Å². The third-order valence-corrected chi connectivity index (χ3v) is 2.73. The lowest BCUT2D eigenvalue weighted by Crippen LogP contribution is -1.97. The summed E-state index contributed by atoms with van der Waals surface area (Å²) in [6.07, 6.45) is 1.38. The first-order chi connectivity index (χ1) is 7.58. The summed E-state index contributed by atoms with van der Waals surface area (Å²) < 4.78 is 2.26. The molecular weight excluding hydrogens is 274 g/mol. The number of benzene rings is 1. The largest absolute Gasteiger partial charge is 0.476 e. The second-order valence-corrected chi connectivity index (χ2v) is 4.16. The monoisotopic (exact) mass is 281 g/mol. The Morgan fingerprint density at radius 1 is 1.50 bits per heavy atom. The first-order valence-electron chi connectivity index (χ1n) is 4.50. The van der Waals surface area contributed by atoms with E-state index < -0.39 is 5.97 Å². The van der Waals surface area contributed by atoms with Gasteiger partial charge in [-0.15, -0.1) is 5.10 Å². The molecule has 0 saturated heterocycles. The molecule has 1 aromatic heterocycles. The molecular formula is C10H8BrN3O2. The molecule has 2 rings (SSSR count). The van der Waals surface area contributed by atoms with Gasteiger partial charge in [0, 0.05) is 4.47 Å². The predicted molar refractivity (Wildman–Crippen MR) is 60.8 cm³/mol. The molecule has 16 heavy (non-hydrogen) atoms. The predicted octanol–water partition coefficient (Wildman–Crippen LogP) is 2.04. The Hall–Kier alpha value is -1.69. The molecule has 0 aliphatic rings. The summed E-state index contributed by atoms with van der Waals surface area (Å²) >= 11 is 3.38. The van der Waals surface area contributed by atoms with Gasteiger partial charge in [-0.05, 0) is 40.5 Å². The van der Waals surface area contributed by atoms with Crippen LogP contribution < -0.4 is 0 Å². The van der Waals surface area contributed by atoms with Crippen LogP contribution in [0.15, 0.2) is 28.9 Å². The molecule has 0 amide bonds. The van der Waals surface area contributed by atoms with Crippen molar-refractivity contribution in [1.82, 2.24) is 15.0 Å². The van der Waals surface area contributed by atoms with E-state index in [9.17, 15) is 4.79 Å². The van der Waals surface area contributed by atoms with Crippen LogP contribution in [-0.2, 0) is 0 Å². The molecule has 1 heterocycles. The van der Waals surface area contributed by atoms with E-state index in [4.69, 9.17) is 5.11 Å². The number of carbonyl (C=O) groups is 1. The first-order valence-corrected chi connectivity index (χ1v) is 5.29. The molecule has 0 aliphatic heterocycles. The summed E-state index contributed by atoms with van der Waals surface area (Å²) in [5, 5.41) is 16.1. The lowest BCUT2D eigenvalue weighted by molar-refractivity contribution is 0.0690. The van der Waals surface area contributed by atoms with Crippen LogP contribution in [0.1, 0.15) is 16.1 Å². The Bertz CT molecular complexity index is 551. The van der Waals surface area contributed by atoms with Crippen molar-refractivity contribution in [3.63, 3.8) is 0 Å². The number of hydrogen-bond donors (Lipinski definition) is 1. The van der Waals surface area contributed by atoms with E-state index >= 15 is 0 Å². The number of nitrogens with zero attached hydrogens (tertiary/aromatic N) is 3. The maximum Gasteiger partial charge on any atom is 0.358 e.